The van der Waals surface area contributed by atoms with Crippen molar-refractivity contribution in [2.75, 3.05) is 26.1 Å². The van der Waals surface area contributed by atoms with Crippen molar-refractivity contribution in [2.24, 2.45) is 4.99 Å². The van der Waals surface area contributed by atoms with Crippen LogP contribution in [-0.2, 0) is 6.54 Å². The molecule has 146 valence electrons. The molecule has 0 fully saturated rings. The summed E-state index contributed by atoms with van der Waals surface area (Å²) in [5.74, 6) is 2.04. The molecule has 1 heterocycles. The fourth-order valence-corrected chi connectivity index (χ4v) is 2.81. The number of aromatic nitrogens is 2. The Kier molecular flexibility index (Phi) is 6.51. The Morgan fingerprint density at radius 3 is 2.71 bits per heavy atom. The molecular weight excluding hydrogens is 354 g/mol. The van der Waals surface area contributed by atoms with Crippen LogP contribution in [-0.4, -0.2) is 36.5 Å². The SMILES string of the molecule is CCOc1cc(NC(=NC)NCc2ccccc2-n2cccn2)ccc1OC. The predicted molar refractivity (Wildman–Crippen MR) is 112 cm³/mol. The van der Waals surface area contributed by atoms with Crippen molar-refractivity contribution in [2.45, 2.75) is 13.5 Å². The smallest absolute Gasteiger partial charge is 0.195 e. The number of nitrogens with one attached hydrogen (secondary N) is 2. The molecule has 3 aromatic rings. The lowest BCUT2D eigenvalue weighted by Crippen LogP contribution is -2.30. The van der Waals surface area contributed by atoms with E-state index in [2.05, 4.69) is 26.8 Å². The summed E-state index contributed by atoms with van der Waals surface area (Å²) in [6.07, 6.45) is 3.70. The quantitative estimate of drug-likeness (QED) is 0.486. The Balaban J connectivity index is 1.71. The fraction of sp³-hybridized carbons (Fsp3) is 0.238. The van der Waals surface area contributed by atoms with E-state index in [9.17, 15) is 0 Å². The monoisotopic (exact) mass is 379 g/mol. The van der Waals surface area contributed by atoms with Gasteiger partial charge in [0.1, 0.15) is 0 Å². The van der Waals surface area contributed by atoms with Crippen LogP contribution in [0.1, 0.15) is 12.5 Å². The van der Waals surface area contributed by atoms with E-state index in [0.717, 1.165) is 16.9 Å². The molecule has 0 aliphatic rings. The summed E-state index contributed by atoms with van der Waals surface area (Å²) in [4.78, 5) is 4.31. The van der Waals surface area contributed by atoms with Crippen molar-refractivity contribution >= 4 is 11.6 Å². The molecule has 0 saturated heterocycles. The van der Waals surface area contributed by atoms with E-state index in [1.165, 1.54) is 0 Å². The molecule has 3 rings (SSSR count). The predicted octanol–water partition coefficient (Wildman–Crippen LogP) is 3.47. The van der Waals surface area contributed by atoms with Gasteiger partial charge < -0.3 is 20.1 Å². The van der Waals surface area contributed by atoms with Gasteiger partial charge in [0.15, 0.2) is 17.5 Å². The lowest BCUT2D eigenvalue weighted by molar-refractivity contribution is 0.311. The number of guanidine groups is 1. The molecule has 0 bridgehead atoms. The minimum absolute atomic E-state index is 0.566. The van der Waals surface area contributed by atoms with Gasteiger partial charge in [-0.3, -0.25) is 4.99 Å². The summed E-state index contributed by atoms with van der Waals surface area (Å²) < 4.78 is 12.8. The molecule has 0 unspecified atom stereocenters. The third-order valence-electron chi connectivity index (χ3n) is 4.14. The van der Waals surface area contributed by atoms with Gasteiger partial charge >= 0.3 is 0 Å². The molecule has 2 aromatic carbocycles. The van der Waals surface area contributed by atoms with E-state index in [-0.39, 0.29) is 0 Å². The third-order valence-corrected chi connectivity index (χ3v) is 4.14. The van der Waals surface area contributed by atoms with Crippen LogP contribution in [0.25, 0.3) is 5.69 Å². The highest BCUT2D eigenvalue weighted by atomic mass is 16.5. The van der Waals surface area contributed by atoms with Gasteiger partial charge in [-0.25, -0.2) is 4.68 Å². The first-order valence-corrected chi connectivity index (χ1v) is 9.11. The first kappa shape index (κ1) is 19.3. The van der Waals surface area contributed by atoms with E-state index in [1.807, 2.05) is 60.3 Å². The van der Waals surface area contributed by atoms with Crippen LogP contribution >= 0.6 is 0 Å². The highest BCUT2D eigenvalue weighted by Gasteiger charge is 2.08. The average Bonchev–Trinajstić information content (AvgIpc) is 3.26. The Labute approximate surface area is 165 Å². The van der Waals surface area contributed by atoms with Crippen molar-refractivity contribution in [3.05, 3.63) is 66.5 Å². The van der Waals surface area contributed by atoms with Crippen LogP contribution in [0.2, 0.25) is 0 Å². The fourth-order valence-electron chi connectivity index (χ4n) is 2.81. The van der Waals surface area contributed by atoms with E-state index in [0.29, 0.717) is 30.6 Å². The molecule has 0 saturated carbocycles. The Hall–Kier alpha value is -3.48. The number of nitrogens with zero attached hydrogens (tertiary/aromatic N) is 3. The Morgan fingerprint density at radius 1 is 1.14 bits per heavy atom. The molecule has 28 heavy (non-hydrogen) atoms. The minimum Gasteiger partial charge on any atom is -0.493 e. The highest BCUT2D eigenvalue weighted by molar-refractivity contribution is 5.93. The largest absolute Gasteiger partial charge is 0.493 e. The molecule has 7 heteroatoms. The van der Waals surface area contributed by atoms with Crippen molar-refractivity contribution in [3.8, 4) is 17.2 Å². The topological polar surface area (TPSA) is 72.7 Å². The summed E-state index contributed by atoms with van der Waals surface area (Å²) in [6.45, 7) is 3.11. The van der Waals surface area contributed by atoms with Crippen LogP contribution in [0.15, 0.2) is 65.9 Å². The van der Waals surface area contributed by atoms with Crippen molar-refractivity contribution in [3.63, 3.8) is 0 Å². The number of methoxy groups -OCH3 is 1. The zero-order valence-corrected chi connectivity index (χ0v) is 16.3. The van der Waals surface area contributed by atoms with Crippen LogP contribution in [0.5, 0.6) is 11.5 Å². The van der Waals surface area contributed by atoms with E-state index in [1.54, 1.807) is 20.4 Å². The molecule has 0 radical (unpaired) electrons. The first-order chi connectivity index (χ1) is 13.7. The maximum Gasteiger partial charge on any atom is 0.195 e. The summed E-state index contributed by atoms with van der Waals surface area (Å²) >= 11 is 0. The molecule has 1 aromatic heterocycles. The number of ether oxygens (including phenoxy) is 2. The third kappa shape index (κ3) is 4.62. The van der Waals surface area contributed by atoms with E-state index >= 15 is 0 Å². The number of benzene rings is 2. The number of para-hydroxylation sites is 1. The molecule has 0 aliphatic carbocycles. The average molecular weight is 379 g/mol. The van der Waals surface area contributed by atoms with Crippen LogP contribution in [0, 0.1) is 0 Å². The summed E-state index contributed by atoms with van der Waals surface area (Å²) in [5, 5.41) is 10.9. The number of hydrogen-bond donors (Lipinski definition) is 2. The van der Waals surface area contributed by atoms with Gasteiger partial charge in [0.05, 0.1) is 19.4 Å². The molecule has 0 atom stereocenters. The van der Waals surface area contributed by atoms with Crippen LogP contribution in [0.3, 0.4) is 0 Å². The zero-order chi connectivity index (χ0) is 19.8. The summed E-state index contributed by atoms with van der Waals surface area (Å²) in [7, 11) is 3.37. The second-order valence-electron chi connectivity index (χ2n) is 5.93. The van der Waals surface area contributed by atoms with Gasteiger partial charge in [-0.05, 0) is 36.8 Å². The van der Waals surface area contributed by atoms with Crippen molar-refractivity contribution in [1.29, 1.82) is 0 Å². The van der Waals surface area contributed by atoms with Crippen molar-refractivity contribution < 1.29 is 9.47 Å². The molecule has 0 amide bonds. The number of hydrogen-bond acceptors (Lipinski definition) is 4. The second kappa shape index (κ2) is 9.45. The first-order valence-electron chi connectivity index (χ1n) is 9.11. The van der Waals surface area contributed by atoms with Gasteiger partial charge in [-0.15, -0.1) is 0 Å². The second-order valence-corrected chi connectivity index (χ2v) is 5.93. The minimum atomic E-state index is 0.566. The number of aliphatic imine (C=N–C) groups is 1. The zero-order valence-electron chi connectivity index (χ0n) is 16.3. The van der Waals surface area contributed by atoms with Crippen LogP contribution < -0.4 is 20.1 Å². The van der Waals surface area contributed by atoms with Gasteiger partial charge in [0.2, 0.25) is 0 Å². The molecule has 0 spiro atoms. The van der Waals surface area contributed by atoms with Gasteiger partial charge in [0, 0.05) is 37.7 Å². The van der Waals surface area contributed by atoms with Gasteiger partial charge in [-0.1, -0.05) is 18.2 Å². The maximum atomic E-state index is 5.64. The Bertz CT molecular complexity index is 922. The molecule has 0 aliphatic heterocycles. The van der Waals surface area contributed by atoms with E-state index in [4.69, 9.17) is 9.47 Å². The Morgan fingerprint density at radius 2 is 2.00 bits per heavy atom. The maximum absolute atomic E-state index is 5.64. The lowest BCUT2D eigenvalue weighted by atomic mass is 10.2. The number of rotatable bonds is 7. The van der Waals surface area contributed by atoms with Crippen LogP contribution in [0.4, 0.5) is 5.69 Å². The standard InChI is InChI=1S/C21H25N5O2/c1-4-28-20-14-17(10-11-19(20)27-3)25-21(22-2)23-15-16-8-5-6-9-18(16)26-13-7-12-24-26/h5-14H,4,15H2,1-3H3,(H2,22,23,25). The van der Waals surface area contributed by atoms with E-state index < -0.39 is 0 Å². The molecular formula is C21H25N5O2. The molecule has 2 N–H and O–H groups in total. The number of anilines is 1. The summed E-state index contributed by atoms with van der Waals surface area (Å²) in [5.41, 5.74) is 3.00. The van der Waals surface area contributed by atoms with Crippen molar-refractivity contribution in [1.82, 2.24) is 15.1 Å². The normalized spacial score (nSPS) is 11.2. The van der Waals surface area contributed by atoms with Gasteiger partial charge in [-0.2, -0.15) is 5.10 Å². The molecule has 7 nitrogen and oxygen atoms in total. The highest BCUT2D eigenvalue weighted by Crippen LogP contribution is 2.30. The van der Waals surface area contributed by atoms with Gasteiger partial charge in [0.25, 0.3) is 0 Å². The summed E-state index contributed by atoms with van der Waals surface area (Å²) in [6, 6.07) is 15.7. The lowest BCUT2D eigenvalue weighted by Gasteiger charge is -2.16.